The van der Waals surface area contributed by atoms with Crippen LogP contribution in [0, 0.1) is 11.3 Å². The Morgan fingerprint density at radius 2 is 2.50 bits per heavy atom. The number of hydrogen-bond donors (Lipinski definition) is 2. The Labute approximate surface area is 81.6 Å². The van der Waals surface area contributed by atoms with Gasteiger partial charge in [-0.1, -0.05) is 0 Å². The summed E-state index contributed by atoms with van der Waals surface area (Å²) >= 11 is 0. The molecule has 14 heavy (non-hydrogen) atoms. The molecule has 0 spiro atoms. The molecule has 1 amide bonds. The van der Waals surface area contributed by atoms with E-state index in [1.807, 2.05) is 6.07 Å². The second kappa shape index (κ2) is 4.82. The molecule has 0 unspecified atom stereocenters. The molecule has 5 nitrogen and oxygen atoms in total. The lowest BCUT2D eigenvalue weighted by molar-refractivity contribution is 0.100. The third-order valence-electron chi connectivity index (χ3n) is 1.64. The minimum Gasteiger partial charge on any atom is -0.382 e. The van der Waals surface area contributed by atoms with Crippen LogP contribution in [0.5, 0.6) is 0 Å². The van der Waals surface area contributed by atoms with Gasteiger partial charge in [-0.2, -0.15) is 5.26 Å². The number of aromatic nitrogens is 1. The lowest BCUT2D eigenvalue weighted by Crippen LogP contribution is -2.15. The fraction of sp³-hybridized carbons (Fsp3) is 0.222. The predicted octanol–water partition coefficient (Wildman–Crippen LogP) is 0.506. The molecule has 0 bridgehead atoms. The quantitative estimate of drug-likeness (QED) is 0.676. The lowest BCUT2D eigenvalue weighted by Gasteiger charge is -2.06. The monoisotopic (exact) mass is 190 g/mol. The summed E-state index contributed by atoms with van der Waals surface area (Å²) in [6, 6.07) is 3.53. The van der Waals surface area contributed by atoms with E-state index in [9.17, 15) is 4.79 Å². The number of nitrogens with one attached hydrogen (secondary N) is 1. The minimum absolute atomic E-state index is 0.368. The first kappa shape index (κ1) is 9.99. The van der Waals surface area contributed by atoms with Crippen molar-refractivity contribution in [2.45, 2.75) is 6.42 Å². The van der Waals surface area contributed by atoms with E-state index in [4.69, 9.17) is 11.0 Å². The molecule has 0 atom stereocenters. The Kier molecular flexibility index (Phi) is 3.44. The summed E-state index contributed by atoms with van der Waals surface area (Å²) in [7, 11) is 0. The first-order valence-corrected chi connectivity index (χ1v) is 4.10. The standard InChI is InChI=1S/C9H10N4O/c10-3-1-4-13-8-6-12-5-2-7(8)9(11)14/h2,5-6,13H,1,4H2,(H2,11,14). The fourth-order valence-corrected chi connectivity index (χ4v) is 1.00. The molecule has 0 radical (unpaired) electrons. The van der Waals surface area contributed by atoms with Gasteiger partial charge in [0.1, 0.15) is 0 Å². The number of carbonyl (C=O) groups is 1. The van der Waals surface area contributed by atoms with Crippen molar-refractivity contribution in [2.75, 3.05) is 11.9 Å². The maximum absolute atomic E-state index is 10.9. The minimum atomic E-state index is -0.508. The molecule has 1 aromatic heterocycles. The molecule has 0 aliphatic carbocycles. The Morgan fingerprint density at radius 1 is 1.71 bits per heavy atom. The van der Waals surface area contributed by atoms with Gasteiger partial charge in [-0.3, -0.25) is 9.78 Å². The van der Waals surface area contributed by atoms with E-state index < -0.39 is 5.91 Å². The second-order valence-corrected chi connectivity index (χ2v) is 2.62. The van der Waals surface area contributed by atoms with Crippen molar-refractivity contribution in [3.8, 4) is 6.07 Å². The van der Waals surface area contributed by atoms with Crippen LogP contribution in [0.1, 0.15) is 16.8 Å². The highest BCUT2D eigenvalue weighted by Crippen LogP contribution is 2.11. The maximum atomic E-state index is 10.9. The average Bonchev–Trinajstić information content (AvgIpc) is 2.19. The van der Waals surface area contributed by atoms with E-state index >= 15 is 0 Å². The summed E-state index contributed by atoms with van der Waals surface area (Å²) in [5, 5.41) is 11.2. The number of carbonyl (C=O) groups excluding carboxylic acids is 1. The Morgan fingerprint density at radius 3 is 3.14 bits per heavy atom. The van der Waals surface area contributed by atoms with Crippen LogP contribution in [0.4, 0.5) is 5.69 Å². The van der Waals surface area contributed by atoms with Crippen LogP contribution in [-0.2, 0) is 0 Å². The van der Waals surface area contributed by atoms with Gasteiger partial charge in [0, 0.05) is 12.7 Å². The highest BCUT2D eigenvalue weighted by atomic mass is 16.1. The molecule has 0 saturated heterocycles. The van der Waals surface area contributed by atoms with Gasteiger partial charge >= 0.3 is 0 Å². The molecule has 0 saturated carbocycles. The van der Waals surface area contributed by atoms with Gasteiger partial charge in [0.2, 0.25) is 0 Å². The molecule has 3 N–H and O–H groups in total. The van der Waals surface area contributed by atoms with Crippen molar-refractivity contribution in [1.82, 2.24) is 4.98 Å². The van der Waals surface area contributed by atoms with Crippen LogP contribution >= 0.6 is 0 Å². The van der Waals surface area contributed by atoms with Crippen molar-refractivity contribution >= 4 is 11.6 Å². The number of nitrogens with two attached hydrogens (primary N) is 1. The van der Waals surface area contributed by atoms with Crippen LogP contribution in [0.2, 0.25) is 0 Å². The molecular weight excluding hydrogens is 180 g/mol. The van der Waals surface area contributed by atoms with Gasteiger partial charge in [-0.05, 0) is 6.07 Å². The topological polar surface area (TPSA) is 91.8 Å². The lowest BCUT2D eigenvalue weighted by atomic mass is 10.2. The zero-order valence-electron chi connectivity index (χ0n) is 7.53. The number of nitrogens with zero attached hydrogens (tertiary/aromatic N) is 2. The Balaban J connectivity index is 2.75. The zero-order valence-corrected chi connectivity index (χ0v) is 7.53. The van der Waals surface area contributed by atoms with E-state index in [0.717, 1.165) is 0 Å². The molecular formula is C9H10N4O. The van der Waals surface area contributed by atoms with E-state index in [0.29, 0.717) is 24.2 Å². The number of pyridine rings is 1. The van der Waals surface area contributed by atoms with Crippen LogP contribution in [0.3, 0.4) is 0 Å². The highest BCUT2D eigenvalue weighted by molar-refractivity contribution is 5.98. The van der Waals surface area contributed by atoms with Crippen LogP contribution in [-0.4, -0.2) is 17.4 Å². The van der Waals surface area contributed by atoms with Crippen LogP contribution < -0.4 is 11.1 Å². The van der Waals surface area contributed by atoms with Crippen molar-refractivity contribution in [2.24, 2.45) is 5.73 Å². The van der Waals surface area contributed by atoms with Gasteiger partial charge in [0.25, 0.3) is 5.91 Å². The first-order valence-electron chi connectivity index (χ1n) is 4.10. The predicted molar refractivity (Wildman–Crippen MR) is 51.5 cm³/mol. The molecule has 1 heterocycles. The van der Waals surface area contributed by atoms with Gasteiger partial charge in [0.05, 0.1) is 29.9 Å². The SMILES string of the molecule is N#CCCNc1cnccc1C(N)=O. The van der Waals surface area contributed by atoms with E-state index in [-0.39, 0.29) is 0 Å². The molecule has 1 rings (SSSR count). The third-order valence-corrected chi connectivity index (χ3v) is 1.64. The molecule has 72 valence electrons. The normalized spacial score (nSPS) is 9.07. The number of hydrogen-bond acceptors (Lipinski definition) is 4. The maximum Gasteiger partial charge on any atom is 0.250 e. The third kappa shape index (κ3) is 2.45. The zero-order chi connectivity index (χ0) is 10.4. The van der Waals surface area contributed by atoms with Crippen LogP contribution in [0.25, 0.3) is 0 Å². The van der Waals surface area contributed by atoms with E-state index in [1.54, 1.807) is 0 Å². The number of amides is 1. The summed E-state index contributed by atoms with van der Waals surface area (Å²) in [6.07, 6.45) is 3.38. The number of anilines is 1. The second-order valence-electron chi connectivity index (χ2n) is 2.62. The summed E-state index contributed by atoms with van der Waals surface area (Å²) in [5.41, 5.74) is 6.10. The number of primary amides is 1. The number of nitriles is 1. The van der Waals surface area contributed by atoms with Crippen LogP contribution in [0.15, 0.2) is 18.5 Å². The van der Waals surface area contributed by atoms with Crippen molar-refractivity contribution in [1.29, 1.82) is 5.26 Å². The molecule has 0 fully saturated rings. The summed E-state index contributed by atoms with van der Waals surface area (Å²) < 4.78 is 0. The Hall–Kier alpha value is -2.09. The largest absolute Gasteiger partial charge is 0.382 e. The molecule has 0 aliphatic heterocycles. The van der Waals surface area contributed by atoms with Crippen molar-refractivity contribution in [3.63, 3.8) is 0 Å². The Bertz CT molecular complexity index is 369. The van der Waals surface area contributed by atoms with Gasteiger partial charge in [-0.15, -0.1) is 0 Å². The van der Waals surface area contributed by atoms with E-state index in [2.05, 4.69) is 10.3 Å². The number of rotatable bonds is 4. The fourth-order valence-electron chi connectivity index (χ4n) is 1.00. The molecule has 0 aliphatic rings. The molecule has 5 heteroatoms. The molecule has 0 aromatic carbocycles. The first-order chi connectivity index (χ1) is 6.75. The van der Waals surface area contributed by atoms with Gasteiger partial charge < -0.3 is 11.1 Å². The highest BCUT2D eigenvalue weighted by Gasteiger charge is 2.06. The summed E-state index contributed by atoms with van der Waals surface area (Å²) in [5.74, 6) is -0.508. The summed E-state index contributed by atoms with van der Waals surface area (Å²) in [6.45, 7) is 0.475. The van der Waals surface area contributed by atoms with Crippen molar-refractivity contribution in [3.05, 3.63) is 24.0 Å². The summed E-state index contributed by atoms with van der Waals surface area (Å²) in [4.78, 5) is 14.8. The van der Waals surface area contributed by atoms with E-state index in [1.165, 1.54) is 18.5 Å². The van der Waals surface area contributed by atoms with Gasteiger partial charge in [-0.25, -0.2) is 0 Å². The van der Waals surface area contributed by atoms with Crippen molar-refractivity contribution < 1.29 is 4.79 Å². The smallest absolute Gasteiger partial charge is 0.250 e. The van der Waals surface area contributed by atoms with Gasteiger partial charge in [0.15, 0.2) is 0 Å². The average molecular weight is 190 g/mol. The molecule has 1 aromatic rings.